The number of carbonyl (C=O) groups is 1. The largest absolute Gasteiger partial charge is 0.493 e. The molecule has 5 nitrogen and oxygen atoms in total. The number of allylic oxidation sites excluding steroid dienone is 4. The zero-order chi connectivity index (χ0) is 21.9. The number of amides is 1. The van der Waals surface area contributed by atoms with Crippen LogP contribution in [0, 0.1) is 0 Å². The molecule has 0 spiro atoms. The number of rotatable bonds is 5. The molecule has 0 saturated heterocycles. The summed E-state index contributed by atoms with van der Waals surface area (Å²) < 4.78 is 5.54. The number of fused-ring (bicyclic) bond motifs is 2. The van der Waals surface area contributed by atoms with Crippen LogP contribution in [0.4, 0.5) is 5.82 Å². The van der Waals surface area contributed by atoms with Gasteiger partial charge in [0.2, 0.25) is 5.91 Å². The number of carbonyl (C=O) groups excluding carboxylic acids is 1. The number of hydrogen-bond donors (Lipinski definition) is 2. The summed E-state index contributed by atoms with van der Waals surface area (Å²) in [6.45, 7) is 1.22. The highest BCUT2D eigenvalue weighted by Gasteiger charge is 2.14. The van der Waals surface area contributed by atoms with Gasteiger partial charge in [-0.15, -0.1) is 0 Å². The Morgan fingerprint density at radius 1 is 1.12 bits per heavy atom. The van der Waals surface area contributed by atoms with Gasteiger partial charge in [-0.2, -0.15) is 0 Å². The molecule has 0 radical (unpaired) electrons. The van der Waals surface area contributed by atoms with Gasteiger partial charge in [0, 0.05) is 40.8 Å². The van der Waals surface area contributed by atoms with E-state index in [0.717, 1.165) is 46.6 Å². The molecule has 1 aromatic heterocycles. The topological polar surface area (TPSA) is 63.2 Å². The van der Waals surface area contributed by atoms with E-state index in [9.17, 15) is 4.79 Å². The Bertz CT molecular complexity index is 1290. The molecular weight excluding hydrogens is 422 g/mol. The number of pyridine rings is 1. The van der Waals surface area contributed by atoms with Crippen molar-refractivity contribution in [3.63, 3.8) is 0 Å². The predicted molar refractivity (Wildman–Crippen MR) is 128 cm³/mol. The van der Waals surface area contributed by atoms with Crippen molar-refractivity contribution in [3.8, 4) is 5.75 Å². The summed E-state index contributed by atoms with van der Waals surface area (Å²) in [6, 6.07) is 13.8. The monoisotopic (exact) mass is 443 g/mol. The van der Waals surface area contributed by atoms with Gasteiger partial charge >= 0.3 is 0 Å². The second-order valence-corrected chi connectivity index (χ2v) is 8.23. The van der Waals surface area contributed by atoms with Crippen LogP contribution in [0.15, 0.2) is 84.2 Å². The highest BCUT2D eigenvalue weighted by atomic mass is 35.5. The number of nitrogens with one attached hydrogen (secondary N) is 2. The van der Waals surface area contributed by atoms with Gasteiger partial charge in [0.15, 0.2) is 0 Å². The lowest BCUT2D eigenvalue weighted by Crippen LogP contribution is -2.24. The maximum Gasteiger partial charge on any atom is 0.247 e. The van der Waals surface area contributed by atoms with Gasteiger partial charge in [0.05, 0.1) is 6.61 Å². The van der Waals surface area contributed by atoms with Crippen LogP contribution in [0.3, 0.4) is 0 Å². The minimum atomic E-state index is -0.0704. The summed E-state index contributed by atoms with van der Waals surface area (Å²) in [6.07, 6.45) is 10.9. The highest BCUT2D eigenvalue weighted by Crippen LogP contribution is 2.27. The van der Waals surface area contributed by atoms with Gasteiger partial charge in [-0.25, -0.2) is 4.98 Å². The Labute approximate surface area is 191 Å². The zero-order valence-corrected chi connectivity index (χ0v) is 18.2. The third-order valence-electron chi connectivity index (χ3n) is 5.59. The Balaban J connectivity index is 1.28. The molecule has 1 aliphatic heterocycles. The average molecular weight is 444 g/mol. The van der Waals surface area contributed by atoms with Crippen LogP contribution in [-0.4, -0.2) is 17.5 Å². The molecule has 0 saturated carbocycles. The van der Waals surface area contributed by atoms with Gasteiger partial charge in [0.25, 0.3) is 0 Å². The number of anilines is 1. The minimum absolute atomic E-state index is 0.0704. The quantitative estimate of drug-likeness (QED) is 0.560. The van der Waals surface area contributed by atoms with E-state index in [1.807, 2.05) is 60.7 Å². The summed E-state index contributed by atoms with van der Waals surface area (Å²) in [4.78, 5) is 17.2. The summed E-state index contributed by atoms with van der Waals surface area (Å²) >= 11 is 6.17. The lowest BCUT2D eigenvalue weighted by Gasteiger charge is -2.09. The first-order valence-electron chi connectivity index (χ1n) is 10.6. The first-order chi connectivity index (χ1) is 15.7. The molecule has 0 fully saturated rings. The molecule has 2 aliphatic rings. The third kappa shape index (κ3) is 4.39. The van der Waals surface area contributed by atoms with Gasteiger partial charge in [-0.3, -0.25) is 4.79 Å². The maximum absolute atomic E-state index is 12.7. The summed E-state index contributed by atoms with van der Waals surface area (Å²) in [7, 11) is 0. The van der Waals surface area contributed by atoms with E-state index in [0.29, 0.717) is 23.6 Å². The van der Waals surface area contributed by atoms with E-state index in [2.05, 4.69) is 21.7 Å². The fourth-order valence-corrected chi connectivity index (χ4v) is 4.07. The van der Waals surface area contributed by atoms with E-state index < -0.39 is 0 Å². The molecule has 1 amide bonds. The van der Waals surface area contributed by atoms with E-state index in [-0.39, 0.29) is 5.91 Å². The number of aromatic nitrogens is 1. The Morgan fingerprint density at radius 3 is 3.00 bits per heavy atom. The Hall–Kier alpha value is -3.57. The molecule has 5 rings (SSSR count). The maximum atomic E-state index is 12.7. The van der Waals surface area contributed by atoms with Crippen LogP contribution in [0.25, 0.3) is 10.8 Å². The lowest BCUT2D eigenvalue weighted by atomic mass is 10.1. The smallest absolute Gasteiger partial charge is 0.247 e. The second-order valence-electron chi connectivity index (χ2n) is 7.79. The second kappa shape index (κ2) is 8.89. The van der Waals surface area contributed by atoms with Crippen LogP contribution in [0.1, 0.15) is 17.5 Å². The zero-order valence-electron chi connectivity index (χ0n) is 17.4. The molecule has 2 N–H and O–H groups in total. The van der Waals surface area contributed by atoms with Gasteiger partial charge < -0.3 is 15.4 Å². The van der Waals surface area contributed by atoms with Crippen molar-refractivity contribution in [1.82, 2.24) is 10.3 Å². The molecule has 160 valence electrons. The van der Waals surface area contributed by atoms with Crippen LogP contribution >= 0.6 is 11.6 Å². The van der Waals surface area contributed by atoms with Gasteiger partial charge in [0.1, 0.15) is 11.6 Å². The van der Waals surface area contributed by atoms with Crippen molar-refractivity contribution >= 4 is 34.1 Å². The molecule has 6 heteroatoms. The molecule has 0 atom stereocenters. The highest BCUT2D eigenvalue weighted by molar-refractivity contribution is 6.31. The van der Waals surface area contributed by atoms with Crippen LogP contribution < -0.4 is 15.4 Å². The number of ether oxygens (including phenoxy) is 1. The van der Waals surface area contributed by atoms with Crippen molar-refractivity contribution in [2.75, 3.05) is 11.9 Å². The van der Waals surface area contributed by atoms with Gasteiger partial charge in [-0.1, -0.05) is 42.0 Å². The normalized spacial score (nSPS) is 14.8. The summed E-state index contributed by atoms with van der Waals surface area (Å²) in [5, 5.41) is 9.03. The van der Waals surface area contributed by atoms with Gasteiger partial charge in [-0.05, 0) is 59.4 Å². The van der Waals surface area contributed by atoms with E-state index in [4.69, 9.17) is 16.3 Å². The standard InChI is InChI=1S/C26H22ClN3O2/c27-21-7-5-18-10-12-28-25(23(18)15-21)30-22-3-1-2-19(6-8-22)26(31)29-16-17-4-9-24-20(14-17)11-13-32-24/h1,3-10,12,14-15H,2,11,13,16H2,(H,28,30)(H,29,31). The van der Waals surface area contributed by atoms with Crippen LogP contribution in [0.5, 0.6) is 5.75 Å². The third-order valence-corrected chi connectivity index (χ3v) is 5.82. The van der Waals surface area contributed by atoms with Crippen molar-refractivity contribution in [1.29, 1.82) is 0 Å². The Kier molecular flexibility index (Phi) is 5.65. The van der Waals surface area contributed by atoms with E-state index >= 15 is 0 Å². The van der Waals surface area contributed by atoms with Crippen LogP contribution in [0.2, 0.25) is 5.02 Å². The van der Waals surface area contributed by atoms with Crippen molar-refractivity contribution in [2.24, 2.45) is 0 Å². The Morgan fingerprint density at radius 2 is 2.06 bits per heavy atom. The molecule has 32 heavy (non-hydrogen) atoms. The summed E-state index contributed by atoms with van der Waals surface area (Å²) in [5.41, 5.74) is 3.84. The minimum Gasteiger partial charge on any atom is -0.493 e. The number of halogens is 1. The average Bonchev–Trinajstić information content (AvgIpc) is 3.15. The van der Waals surface area contributed by atoms with Crippen molar-refractivity contribution < 1.29 is 9.53 Å². The lowest BCUT2D eigenvalue weighted by molar-refractivity contribution is -0.117. The van der Waals surface area contributed by atoms with Crippen LogP contribution in [-0.2, 0) is 17.8 Å². The molecule has 2 heterocycles. The van der Waals surface area contributed by atoms with Crippen molar-refractivity contribution in [3.05, 3.63) is 100 Å². The molecule has 1 aliphatic carbocycles. The van der Waals surface area contributed by atoms with E-state index in [1.54, 1.807) is 6.20 Å². The predicted octanol–water partition coefficient (Wildman–Crippen LogP) is 5.32. The first-order valence-corrected chi connectivity index (χ1v) is 10.9. The molecule has 2 aromatic carbocycles. The molecular formula is C26H22ClN3O2. The molecule has 3 aromatic rings. The fourth-order valence-electron chi connectivity index (χ4n) is 3.90. The van der Waals surface area contributed by atoms with Crippen molar-refractivity contribution in [2.45, 2.75) is 19.4 Å². The number of hydrogen-bond acceptors (Lipinski definition) is 4. The molecule has 0 unspecified atom stereocenters. The fraction of sp³-hybridized carbons (Fsp3) is 0.154. The number of nitrogens with zero attached hydrogens (tertiary/aromatic N) is 1. The van der Waals surface area contributed by atoms with E-state index in [1.165, 1.54) is 5.56 Å². The SMILES string of the molecule is O=C(NCc1ccc2c(c1)CCO2)C1=CC=C(Nc2nccc3ccc(Cl)cc23)C=CC1. The number of benzene rings is 2. The molecule has 0 bridgehead atoms. The summed E-state index contributed by atoms with van der Waals surface area (Å²) in [5.74, 6) is 1.60. The first kappa shape index (κ1) is 20.3.